The molecule has 0 bridgehead atoms. The maximum absolute atomic E-state index is 11.8. The Morgan fingerprint density at radius 3 is 2.81 bits per heavy atom. The van der Waals surface area contributed by atoms with Gasteiger partial charge in [-0.15, -0.1) is 5.10 Å². The standard InChI is InChI=1S/C12H11ClN4O3S/c1-6-14-12(17-16-6)21-5-10(18)15-7-2-3-8(11(19)20)9(13)4-7/h2-4H,5H2,1H3,(H,15,18)(H,19,20)(H,14,16,17)/p-1. The van der Waals surface area contributed by atoms with Gasteiger partial charge in [-0.1, -0.05) is 23.4 Å². The smallest absolute Gasteiger partial charge is 0.234 e. The lowest BCUT2D eigenvalue weighted by atomic mass is 10.2. The predicted molar refractivity (Wildman–Crippen MR) is 76.3 cm³/mol. The van der Waals surface area contributed by atoms with E-state index >= 15 is 0 Å². The van der Waals surface area contributed by atoms with E-state index in [1.54, 1.807) is 6.92 Å². The zero-order valence-corrected chi connectivity index (χ0v) is 12.4. The van der Waals surface area contributed by atoms with Gasteiger partial charge in [0.15, 0.2) is 0 Å². The minimum absolute atomic E-state index is 0.00467. The number of aryl methyl sites for hydroxylation is 1. The van der Waals surface area contributed by atoms with E-state index in [1.165, 1.54) is 30.0 Å². The van der Waals surface area contributed by atoms with E-state index in [1.807, 2.05) is 0 Å². The number of nitrogens with one attached hydrogen (secondary N) is 2. The van der Waals surface area contributed by atoms with E-state index in [9.17, 15) is 14.7 Å². The first-order valence-corrected chi connectivity index (χ1v) is 7.14. The van der Waals surface area contributed by atoms with Crippen molar-refractivity contribution < 1.29 is 14.7 Å². The quantitative estimate of drug-likeness (QED) is 0.789. The van der Waals surface area contributed by atoms with Crippen LogP contribution in [0.5, 0.6) is 0 Å². The second-order valence-corrected chi connectivity index (χ2v) is 5.37. The van der Waals surface area contributed by atoms with Gasteiger partial charge < -0.3 is 15.2 Å². The molecule has 21 heavy (non-hydrogen) atoms. The molecule has 1 aromatic heterocycles. The van der Waals surface area contributed by atoms with E-state index in [4.69, 9.17) is 11.6 Å². The largest absolute Gasteiger partial charge is 0.545 e. The van der Waals surface area contributed by atoms with Crippen LogP contribution >= 0.6 is 23.4 Å². The van der Waals surface area contributed by atoms with E-state index in [-0.39, 0.29) is 22.2 Å². The van der Waals surface area contributed by atoms with Crippen LogP contribution in [0.25, 0.3) is 0 Å². The molecule has 110 valence electrons. The van der Waals surface area contributed by atoms with Gasteiger partial charge in [-0.3, -0.25) is 9.89 Å². The van der Waals surface area contributed by atoms with Crippen LogP contribution in [0.4, 0.5) is 5.69 Å². The van der Waals surface area contributed by atoms with Gasteiger partial charge in [-0.05, 0) is 25.1 Å². The Bertz CT molecular complexity index is 689. The summed E-state index contributed by atoms with van der Waals surface area (Å²) in [5.74, 6) is -0.854. The summed E-state index contributed by atoms with van der Waals surface area (Å²) in [5, 5.41) is 20.4. The lowest BCUT2D eigenvalue weighted by Crippen LogP contribution is -2.22. The lowest BCUT2D eigenvalue weighted by Gasteiger charge is -2.08. The summed E-state index contributed by atoms with van der Waals surface area (Å²) in [4.78, 5) is 26.5. The number of carboxylic acid groups (broad SMARTS) is 1. The van der Waals surface area contributed by atoms with Crippen molar-refractivity contribution in [1.29, 1.82) is 0 Å². The Morgan fingerprint density at radius 1 is 1.48 bits per heavy atom. The van der Waals surface area contributed by atoms with E-state index in [2.05, 4.69) is 20.5 Å². The van der Waals surface area contributed by atoms with Crippen molar-refractivity contribution in [3.05, 3.63) is 34.6 Å². The van der Waals surface area contributed by atoms with Gasteiger partial charge in [-0.2, -0.15) is 0 Å². The Balaban J connectivity index is 1.93. The van der Waals surface area contributed by atoms with Crippen molar-refractivity contribution in [3.8, 4) is 0 Å². The lowest BCUT2D eigenvalue weighted by molar-refractivity contribution is -0.255. The summed E-state index contributed by atoms with van der Waals surface area (Å²) in [5.41, 5.74) is 0.280. The number of amides is 1. The molecular formula is C12H10ClN4O3S-. The average molecular weight is 326 g/mol. The fraction of sp³-hybridized carbons (Fsp3) is 0.167. The van der Waals surface area contributed by atoms with Gasteiger partial charge in [0.05, 0.1) is 16.7 Å². The van der Waals surface area contributed by atoms with Gasteiger partial charge in [0.25, 0.3) is 0 Å². The minimum Gasteiger partial charge on any atom is -0.545 e. The molecule has 9 heteroatoms. The first-order valence-electron chi connectivity index (χ1n) is 5.78. The molecule has 0 spiro atoms. The molecule has 1 amide bonds. The fourth-order valence-corrected chi connectivity index (χ4v) is 2.37. The predicted octanol–water partition coefficient (Wildman–Crippen LogP) is 0.861. The molecule has 7 nitrogen and oxygen atoms in total. The number of carboxylic acids is 1. The van der Waals surface area contributed by atoms with Crippen molar-refractivity contribution in [2.75, 3.05) is 11.1 Å². The molecule has 2 N–H and O–H groups in total. The highest BCUT2D eigenvalue weighted by atomic mass is 35.5. The van der Waals surface area contributed by atoms with Crippen LogP contribution in [0.1, 0.15) is 16.2 Å². The SMILES string of the molecule is Cc1nc(SCC(=O)Nc2ccc(C(=O)[O-])c(Cl)c2)n[nH]1. The zero-order chi connectivity index (χ0) is 15.4. The number of rotatable bonds is 5. The number of thioether (sulfide) groups is 1. The third-order valence-electron chi connectivity index (χ3n) is 2.38. The monoisotopic (exact) mass is 325 g/mol. The molecule has 0 saturated heterocycles. The second-order valence-electron chi connectivity index (χ2n) is 4.02. The summed E-state index contributed by atoms with van der Waals surface area (Å²) in [6.07, 6.45) is 0. The van der Waals surface area contributed by atoms with Crippen molar-refractivity contribution >= 4 is 40.9 Å². The highest BCUT2D eigenvalue weighted by molar-refractivity contribution is 7.99. The number of nitrogens with zero attached hydrogens (tertiary/aromatic N) is 2. The third kappa shape index (κ3) is 4.20. The Labute approximate surface area is 129 Å². The van der Waals surface area contributed by atoms with Crippen molar-refractivity contribution in [3.63, 3.8) is 0 Å². The van der Waals surface area contributed by atoms with Gasteiger partial charge >= 0.3 is 0 Å². The van der Waals surface area contributed by atoms with Crippen LogP contribution in [0, 0.1) is 6.92 Å². The maximum Gasteiger partial charge on any atom is 0.234 e. The summed E-state index contributed by atoms with van der Waals surface area (Å²) in [6, 6.07) is 4.07. The van der Waals surface area contributed by atoms with Crippen LogP contribution in [-0.4, -0.2) is 32.8 Å². The zero-order valence-electron chi connectivity index (χ0n) is 10.8. The molecule has 0 aliphatic carbocycles. The molecular weight excluding hydrogens is 316 g/mol. The number of aromatic nitrogens is 3. The fourth-order valence-electron chi connectivity index (χ4n) is 1.47. The van der Waals surface area contributed by atoms with Gasteiger partial charge in [0.2, 0.25) is 11.1 Å². The van der Waals surface area contributed by atoms with Gasteiger partial charge in [-0.25, -0.2) is 4.98 Å². The van der Waals surface area contributed by atoms with Crippen LogP contribution < -0.4 is 10.4 Å². The molecule has 2 aromatic rings. The number of aromatic carboxylic acids is 1. The van der Waals surface area contributed by atoms with Crippen molar-refractivity contribution in [2.45, 2.75) is 12.1 Å². The molecule has 0 atom stereocenters. The highest BCUT2D eigenvalue weighted by Crippen LogP contribution is 2.21. The number of anilines is 1. The summed E-state index contributed by atoms with van der Waals surface area (Å²) >= 11 is 6.96. The molecule has 0 radical (unpaired) electrons. The maximum atomic E-state index is 11.8. The van der Waals surface area contributed by atoms with Gasteiger partial charge in [0.1, 0.15) is 5.82 Å². The molecule has 0 saturated carbocycles. The van der Waals surface area contributed by atoms with Crippen LogP contribution in [0.3, 0.4) is 0 Å². The van der Waals surface area contributed by atoms with Crippen LogP contribution in [-0.2, 0) is 4.79 Å². The number of hydrogen-bond donors (Lipinski definition) is 2. The molecule has 0 aliphatic heterocycles. The van der Waals surface area contributed by atoms with Gasteiger partial charge in [0, 0.05) is 11.3 Å². The molecule has 0 fully saturated rings. The normalized spacial score (nSPS) is 10.4. The highest BCUT2D eigenvalue weighted by Gasteiger charge is 2.08. The Hall–Kier alpha value is -2.06. The number of carbonyl (C=O) groups is 2. The molecule has 0 unspecified atom stereocenters. The van der Waals surface area contributed by atoms with E-state index in [0.29, 0.717) is 16.7 Å². The summed E-state index contributed by atoms with van der Waals surface area (Å²) in [6.45, 7) is 1.76. The van der Waals surface area contributed by atoms with Crippen LogP contribution in [0.2, 0.25) is 5.02 Å². The summed E-state index contributed by atoms with van der Waals surface area (Å²) < 4.78 is 0. The van der Waals surface area contributed by atoms with Crippen molar-refractivity contribution in [1.82, 2.24) is 15.2 Å². The molecule has 2 rings (SSSR count). The summed E-state index contributed by atoms with van der Waals surface area (Å²) in [7, 11) is 0. The average Bonchev–Trinajstić information content (AvgIpc) is 2.82. The second kappa shape index (κ2) is 6.59. The van der Waals surface area contributed by atoms with Crippen molar-refractivity contribution in [2.24, 2.45) is 0 Å². The number of hydrogen-bond acceptors (Lipinski definition) is 6. The number of aromatic amines is 1. The first-order chi connectivity index (χ1) is 9.95. The molecule has 0 aliphatic rings. The van der Waals surface area contributed by atoms with E-state index in [0.717, 1.165) is 0 Å². The number of halogens is 1. The number of benzene rings is 1. The van der Waals surface area contributed by atoms with E-state index < -0.39 is 5.97 Å². The van der Waals surface area contributed by atoms with Crippen LogP contribution in [0.15, 0.2) is 23.4 Å². The first kappa shape index (κ1) is 15.3. The number of H-pyrrole nitrogens is 1. The Kier molecular flexibility index (Phi) is 4.81. The third-order valence-corrected chi connectivity index (χ3v) is 3.54. The molecule has 1 aromatic carbocycles. The minimum atomic E-state index is -1.37. The molecule has 1 heterocycles. The Morgan fingerprint density at radius 2 is 2.24 bits per heavy atom. The number of carbonyl (C=O) groups excluding carboxylic acids is 2. The topological polar surface area (TPSA) is 111 Å².